The molecule has 0 aliphatic carbocycles. The van der Waals surface area contributed by atoms with Crippen LogP contribution in [0.5, 0.6) is 0 Å². The molecule has 3 heterocycles. The maximum atomic E-state index is 13.2. The number of aliphatic hydroxyl groups excluding tert-OH is 1. The number of amides is 3. The van der Waals surface area contributed by atoms with Gasteiger partial charge in [0.15, 0.2) is 0 Å². The van der Waals surface area contributed by atoms with E-state index in [0.717, 1.165) is 59.5 Å². The molecule has 4 rings (SSSR count). The van der Waals surface area contributed by atoms with E-state index in [0.29, 0.717) is 38.8 Å². The normalized spacial score (nSPS) is 18.0. The quantitative estimate of drug-likeness (QED) is 0.221. The monoisotopic (exact) mass is 577 g/mol. The number of nitrogens with zero attached hydrogens (tertiary/aromatic N) is 2. The summed E-state index contributed by atoms with van der Waals surface area (Å²) in [7, 11) is 0. The summed E-state index contributed by atoms with van der Waals surface area (Å²) in [6.07, 6.45) is 9.84. The fraction of sp³-hybridized carbons (Fsp3) is 0.576. The van der Waals surface area contributed by atoms with E-state index in [9.17, 15) is 19.5 Å². The van der Waals surface area contributed by atoms with Crippen LogP contribution in [0.15, 0.2) is 36.7 Å². The molecule has 3 amide bonds. The lowest BCUT2D eigenvalue weighted by Gasteiger charge is -2.35. The number of nitrogens with one attached hydrogen (secondary N) is 3. The zero-order valence-electron chi connectivity index (χ0n) is 25.5. The fourth-order valence-corrected chi connectivity index (χ4v) is 5.82. The van der Waals surface area contributed by atoms with Gasteiger partial charge in [0, 0.05) is 66.2 Å². The Bertz CT molecular complexity index is 1380. The van der Waals surface area contributed by atoms with E-state index in [1.165, 1.54) is 0 Å². The summed E-state index contributed by atoms with van der Waals surface area (Å²) in [4.78, 5) is 47.5. The number of unbranched alkanes of at least 4 members (excludes halogenated alkanes) is 4. The van der Waals surface area contributed by atoms with E-state index >= 15 is 0 Å². The highest BCUT2D eigenvalue weighted by molar-refractivity contribution is 6.06. The Morgan fingerprint density at radius 1 is 1.02 bits per heavy atom. The van der Waals surface area contributed by atoms with E-state index in [1.807, 2.05) is 40.0 Å². The molecule has 2 aromatic heterocycles. The van der Waals surface area contributed by atoms with Crippen molar-refractivity contribution in [3.05, 3.63) is 42.2 Å². The number of carbonyl (C=O) groups excluding carboxylic acids is 3. The van der Waals surface area contributed by atoms with E-state index in [4.69, 9.17) is 0 Å². The number of benzene rings is 1. The van der Waals surface area contributed by atoms with Crippen molar-refractivity contribution in [2.24, 2.45) is 5.41 Å². The van der Waals surface area contributed by atoms with Gasteiger partial charge >= 0.3 is 0 Å². The molecule has 1 fully saturated rings. The molecule has 3 atom stereocenters. The number of aliphatic hydroxyl groups is 1. The van der Waals surface area contributed by atoms with Gasteiger partial charge in [0.1, 0.15) is 6.04 Å². The van der Waals surface area contributed by atoms with Gasteiger partial charge in [-0.15, -0.1) is 0 Å². The first-order valence-electron chi connectivity index (χ1n) is 15.4. The molecule has 0 bridgehead atoms. The van der Waals surface area contributed by atoms with Crippen LogP contribution in [0.25, 0.3) is 21.8 Å². The van der Waals surface area contributed by atoms with Crippen LogP contribution in [0.4, 0.5) is 0 Å². The Morgan fingerprint density at radius 2 is 1.79 bits per heavy atom. The molecular formula is C33H47N5O4. The maximum Gasteiger partial charge on any atom is 0.246 e. The number of β-amino-alcohol motifs (C(OH)–C–C–N with tert-alkyl or cyclic N) is 1. The molecule has 0 spiro atoms. The zero-order chi connectivity index (χ0) is 30.3. The van der Waals surface area contributed by atoms with Crippen LogP contribution in [0.2, 0.25) is 0 Å². The molecule has 0 unspecified atom stereocenters. The first-order chi connectivity index (χ1) is 20.0. The van der Waals surface area contributed by atoms with Crippen molar-refractivity contribution in [3.63, 3.8) is 0 Å². The highest BCUT2D eigenvalue weighted by Crippen LogP contribution is 2.27. The average Bonchev–Trinajstić information content (AvgIpc) is 3.49. The van der Waals surface area contributed by atoms with Crippen LogP contribution in [-0.2, 0) is 20.8 Å². The molecule has 9 nitrogen and oxygen atoms in total. The summed E-state index contributed by atoms with van der Waals surface area (Å²) >= 11 is 0. The van der Waals surface area contributed by atoms with Gasteiger partial charge in [-0.1, -0.05) is 52.2 Å². The Hall–Kier alpha value is -3.46. The largest absolute Gasteiger partial charge is 0.391 e. The van der Waals surface area contributed by atoms with E-state index < -0.39 is 17.6 Å². The number of fused-ring (bicyclic) bond motifs is 3. The van der Waals surface area contributed by atoms with Crippen LogP contribution < -0.4 is 10.6 Å². The molecule has 1 saturated heterocycles. The number of aryl methyl sites for hydroxylation is 1. The molecule has 3 aromatic rings. The van der Waals surface area contributed by atoms with E-state index in [-0.39, 0.29) is 23.8 Å². The smallest absolute Gasteiger partial charge is 0.246 e. The average molecular weight is 578 g/mol. The van der Waals surface area contributed by atoms with Crippen molar-refractivity contribution in [1.82, 2.24) is 25.5 Å². The molecule has 9 heteroatoms. The van der Waals surface area contributed by atoms with E-state index in [1.54, 1.807) is 11.1 Å². The first-order valence-corrected chi connectivity index (χ1v) is 15.4. The molecule has 1 aromatic carbocycles. The maximum absolute atomic E-state index is 13.2. The minimum atomic E-state index is -0.615. The van der Waals surface area contributed by atoms with Gasteiger partial charge in [-0.2, -0.15) is 0 Å². The molecule has 0 radical (unpaired) electrons. The van der Waals surface area contributed by atoms with Crippen molar-refractivity contribution >= 4 is 39.5 Å². The second kappa shape index (κ2) is 14.1. The second-order valence-corrected chi connectivity index (χ2v) is 12.9. The van der Waals surface area contributed by atoms with Crippen molar-refractivity contribution in [2.45, 2.75) is 104 Å². The molecule has 228 valence electrons. The van der Waals surface area contributed by atoms with Crippen LogP contribution in [-0.4, -0.2) is 69.0 Å². The lowest BCUT2D eigenvalue weighted by Crippen LogP contribution is -2.55. The third-order valence-corrected chi connectivity index (χ3v) is 8.26. The Labute approximate surface area is 248 Å². The van der Waals surface area contributed by atoms with Gasteiger partial charge in [0.2, 0.25) is 17.7 Å². The number of aromatic nitrogens is 2. The molecule has 42 heavy (non-hydrogen) atoms. The number of H-pyrrole nitrogens is 1. The minimum Gasteiger partial charge on any atom is -0.391 e. The summed E-state index contributed by atoms with van der Waals surface area (Å²) in [5.41, 5.74) is 2.83. The Morgan fingerprint density at radius 3 is 2.52 bits per heavy atom. The molecule has 1 aliphatic rings. The lowest BCUT2D eigenvalue weighted by molar-refractivity contribution is -0.140. The highest BCUT2D eigenvalue weighted by Gasteiger charge is 2.40. The number of pyridine rings is 1. The van der Waals surface area contributed by atoms with Gasteiger partial charge in [-0.05, 0) is 55.7 Å². The van der Waals surface area contributed by atoms with Crippen molar-refractivity contribution in [2.75, 3.05) is 13.1 Å². The number of hydrogen-bond acceptors (Lipinski definition) is 5. The predicted molar refractivity (Wildman–Crippen MR) is 166 cm³/mol. The van der Waals surface area contributed by atoms with Crippen LogP contribution in [0, 0.1) is 5.41 Å². The number of hydrogen-bond donors (Lipinski definition) is 4. The third kappa shape index (κ3) is 8.31. The highest BCUT2D eigenvalue weighted by atomic mass is 16.3. The standard InChI is InChI=1S/C33H47N5O4/c1-22-18-24(39)21-38(22)32(42)31(33(2,3)4)37-30(41)10-8-6-5-7-9-16-35-29(40)14-12-23-11-13-25-26-20-34-17-15-27(26)36-28(25)19-23/h11,13,15,17,19-20,22,24,31,36,39H,5-10,12,14,16,18,21H2,1-4H3,(H,35,40)(H,37,41)/t22-,24-,31-/m1/s1. The summed E-state index contributed by atoms with van der Waals surface area (Å²) < 4.78 is 0. The van der Waals surface area contributed by atoms with Crippen LogP contribution in [0.1, 0.15) is 84.6 Å². The third-order valence-electron chi connectivity index (χ3n) is 8.26. The van der Waals surface area contributed by atoms with Crippen LogP contribution in [0.3, 0.4) is 0 Å². The van der Waals surface area contributed by atoms with E-state index in [2.05, 4.69) is 38.8 Å². The second-order valence-electron chi connectivity index (χ2n) is 12.9. The lowest BCUT2D eigenvalue weighted by atomic mass is 9.85. The zero-order valence-corrected chi connectivity index (χ0v) is 25.5. The van der Waals surface area contributed by atoms with Crippen molar-refractivity contribution in [3.8, 4) is 0 Å². The Balaban J connectivity index is 1.07. The predicted octanol–water partition coefficient (Wildman–Crippen LogP) is 4.62. The number of rotatable bonds is 13. The van der Waals surface area contributed by atoms with Gasteiger partial charge in [0.25, 0.3) is 0 Å². The molecule has 4 N–H and O–H groups in total. The summed E-state index contributed by atoms with van der Waals surface area (Å²) in [5, 5.41) is 18.2. The van der Waals surface area contributed by atoms with Crippen molar-refractivity contribution < 1.29 is 19.5 Å². The van der Waals surface area contributed by atoms with Gasteiger partial charge in [-0.25, -0.2) is 0 Å². The van der Waals surface area contributed by atoms with Gasteiger partial charge in [0.05, 0.1) is 6.10 Å². The van der Waals surface area contributed by atoms with Gasteiger partial charge in [-0.3, -0.25) is 19.4 Å². The van der Waals surface area contributed by atoms with Crippen LogP contribution >= 0.6 is 0 Å². The Kier molecular flexibility index (Phi) is 10.6. The summed E-state index contributed by atoms with van der Waals surface area (Å²) in [5.74, 6) is -0.160. The van der Waals surface area contributed by atoms with Gasteiger partial charge < -0.3 is 25.6 Å². The fourth-order valence-electron chi connectivity index (χ4n) is 5.82. The molecular weight excluding hydrogens is 530 g/mol. The topological polar surface area (TPSA) is 127 Å². The minimum absolute atomic E-state index is 0.0295. The first kappa shape index (κ1) is 31.5. The number of likely N-dealkylation sites (tertiary alicyclic amines) is 1. The van der Waals surface area contributed by atoms with Crippen molar-refractivity contribution in [1.29, 1.82) is 0 Å². The number of aromatic amines is 1. The molecule has 0 saturated carbocycles. The molecule has 1 aliphatic heterocycles. The summed E-state index contributed by atoms with van der Waals surface area (Å²) in [6.45, 7) is 8.77. The SMILES string of the molecule is C[C@@H]1C[C@@H](O)CN1C(=O)[C@@H](NC(=O)CCCCCCCNC(=O)CCc1ccc2c(c1)[nH]c1ccncc12)C(C)(C)C. The summed E-state index contributed by atoms with van der Waals surface area (Å²) in [6, 6.07) is 7.61. The number of carbonyl (C=O) groups is 3.